The van der Waals surface area contributed by atoms with Gasteiger partial charge in [0.25, 0.3) is 0 Å². The number of anilines is 2. The number of fused-ring (bicyclic) bond motifs is 1. The lowest BCUT2D eigenvalue weighted by Gasteiger charge is -2.07. The van der Waals surface area contributed by atoms with Crippen molar-refractivity contribution in [3.63, 3.8) is 0 Å². The molecule has 0 atom stereocenters. The zero-order chi connectivity index (χ0) is 17.3. The molecule has 0 saturated heterocycles. The van der Waals surface area contributed by atoms with Crippen molar-refractivity contribution in [3.8, 4) is 0 Å². The van der Waals surface area contributed by atoms with Gasteiger partial charge in [0, 0.05) is 5.69 Å². The van der Waals surface area contributed by atoms with Crippen LogP contribution < -0.4 is 16.2 Å². The van der Waals surface area contributed by atoms with E-state index in [1.54, 1.807) is 6.07 Å². The van der Waals surface area contributed by atoms with Crippen LogP contribution in [0.15, 0.2) is 41.8 Å². The Hall–Kier alpha value is -3.05. The highest BCUT2D eigenvalue weighted by Gasteiger charge is 2.12. The van der Waals surface area contributed by atoms with E-state index in [1.807, 2.05) is 0 Å². The first-order valence-electron chi connectivity index (χ1n) is 6.68. The van der Waals surface area contributed by atoms with Gasteiger partial charge in [-0.3, -0.25) is 4.79 Å². The first-order chi connectivity index (χ1) is 11.3. The number of carbonyl (C=O) groups is 1. The van der Waals surface area contributed by atoms with E-state index in [2.05, 4.69) is 20.3 Å². The number of rotatable bonds is 4. The molecule has 0 radical (unpaired) electrons. The van der Waals surface area contributed by atoms with Crippen molar-refractivity contribution in [2.45, 2.75) is 11.4 Å². The van der Waals surface area contributed by atoms with Gasteiger partial charge in [-0.15, -0.1) is 0 Å². The highest BCUT2D eigenvalue weighted by Crippen LogP contribution is 2.16. The number of imidazole rings is 1. The Morgan fingerprint density at radius 1 is 1.25 bits per heavy atom. The zero-order valence-electron chi connectivity index (χ0n) is 12.2. The molecule has 5 N–H and O–H groups in total. The maximum Gasteiger partial charge on any atom is 0.244 e. The Morgan fingerprint density at radius 2 is 2.04 bits per heavy atom. The predicted octanol–water partition coefficient (Wildman–Crippen LogP) is -0.305. The lowest BCUT2D eigenvalue weighted by atomic mass is 10.3. The fraction of sp³-hybridized carbons (Fsp3) is 0.0769. The van der Waals surface area contributed by atoms with Crippen LogP contribution in [0.2, 0.25) is 0 Å². The van der Waals surface area contributed by atoms with Gasteiger partial charge in [-0.25, -0.2) is 28.5 Å². The summed E-state index contributed by atoms with van der Waals surface area (Å²) in [6, 6.07) is 5.65. The molecule has 3 rings (SSSR count). The third-order valence-electron chi connectivity index (χ3n) is 3.19. The van der Waals surface area contributed by atoms with Crippen molar-refractivity contribution >= 4 is 38.6 Å². The fourth-order valence-corrected chi connectivity index (χ4v) is 2.68. The highest BCUT2D eigenvalue weighted by molar-refractivity contribution is 7.89. The van der Waals surface area contributed by atoms with Crippen molar-refractivity contribution in [3.05, 3.63) is 36.9 Å². The van der Waals surface area contributed by atoms with E-state index in [4.69, 9.17) is 10.9 Å². The molecule has 0 unspecified atom stereocenters. The maximum absolute atomic E-state index is 12.2. The van der Waals surface area contributed by atoms with E-state index in [0.29, 0.717) is 16.9 Å². The molecule has 24 heavy (non-hydrogen) atoms. The van der Waals surface area contributed by atoms with E-state index in [9.17, 15) is 13.2 Å². The van der Waals surface area contributed by atoms with Gasteiger partial charge < -0.3 is 15.6 Å². The van der Waals surface area contributed by atoms with Crippen LogP contribution in [-0.4, -0.2) is 33.8 Å². The number of nitrogens with zero attached hydrogens (tertiary/aromatic N) is 4. The number of primary sulfonamides is 1. The minimum atomic E-state index is -3.84. The van der Waals surface area contributed by atoms with Crippen LogP contribution in [0.25, 0.3) is 11.2 Å². The summed E-state index contributed by atoms with van der Waals surface area (Å²) in [5.41, 5.74) is 6.83. The third-order valence-corrected chi connectivity index (χ3v) is 4.10. The molecule has 11 heteroatoms. The third kappa shape index (κ3) is 3.16. The van der Waals surface area contributed by atoms with E-state index in [-0.39, 0.29) is 17.3 Å². The maximum atomic E-state index is 12.2. The number of aromatic nitrogens is 4. The van der Waals surface area contributed by atoms with E-state index >= 15 is 0 Å². The number of amides is 1. The summed E-state index contributed by atoms with van der Waals surface area (Å²) in [5, 5.41) is 7.65. The summed E-state index contributed by atoms with van der Waals surface area (Å²) in [7, 11) is -3.84. The second kappa shape index (κ2) is 5.86. The summed E-state index contributed by atoms with van der Waals surface area (Å²) in [6.45, 7) is -0.0768. The number of nitrogen functional groups attached to an aromatic ring is 1. The number of nitrogens with two attached hydrogens (primary N) is 2. The lowest BCUT2D eigenvalue weighted by molar-refractivity contribution is -0.116. The average molecular weight is 347 g/mol. The minimum Gasteiger partial charge on any atom is -0.382 e. The first-order valence-corrected chi connectivity index (χ1v) is 8.23. The topological polar surface area (TPSA) is 159 Å². The van der Waals surface area contributed by atoms with Crippen LogP contribution in [-0.2, 0) is 21.4 Å². The molecule has 0 aliphatic rings. The molecular formula is C13H13N7O3S. The molecule has 2 heterocycles. The van der Waals surface area contributed by atoms with Crippen LogP contribution in [0.1, 0.15) is 0 Å². The Balaban J connectivity index is 1.80. The number of carbonyl (C=O) groups excluding carboxylic acids is 1. The second-order valence-corrected chi connectivity index (χ2v) is 6.49. The predicted molar refractivity (Wildman–Crippen MR) is 86.2 cm³/mol. The van der Waals surface area contributed by atoms with Crippen LogP contribution >= 0.6 is 0 Å². The average Bonchev–Trinajstić information content (AvgIpc) is 2.91. The van der Waals surface area contributed by atoms with E-state index in [0.717, 1.165) is 0 Å². The number of hydrogen-bond acceptors (Lipinski definition) is 7. The second-order valence-electron chi connectivity index (χ2n) is 4.92. The van der Waals surface area contributed by atoms with Crippen LogP contribution in [0, 0.1) is 0 Å². The summed E-state index contributed by atoms with van der Waals surface area (Å²) in [4.78, 5) is 24.0. The molecule has 0 aliphatic heterocycles. The Labute approximate surface area is 136 Å². The standard InChI is InChI=1S/C13H13N7O3S/c14-12-11-13(17-6-16-12)20(7-18-11)5-10(21)19-8-2-1-3-9(4-8)24(15,22)23/h1-4,6-7H,5H2,(H,19,21)(H2,14,16,17)(H2,15,22,23). The van der Waals surface area contributed by atoms with Gasteiger partial charge in [0.2, 0.25) is 15.9 Å². The van der Waals surface area contributed by atoms with Crippen LogP contribution in [0.3, 0.4) is 0 Å². The summed E-state index contributed by atoms with van der Waals surface area (Å²) in [5.74, 6) is -0.168. The molecular weight excluding hydrogens is 334 g/mol. The minimum absolute atomic E-state index is 0.0768. The van der Waals surface area contributed by atoms with Gasteiger partial charge in [-0.05, 0) is 18.2 Å². The highest BCUT2D eigenvalue weighted by atomic mass is 32.2. The van der Waals surface area contributed by atoms with Crippen molar-refractivity contribution in [2.75, 3.05) is 11.1 Å². The number of benzene rings is 1. The van der Waals surface area contributed by atoms with Crippen molar-refractivity contribution < 1.29 is 13.2 Å². The molecule has 3 aromatic rings. The largest absolute Gasteiger partial charge is 0.382 e. The molecule has 1 amide bonds. The normalized spacial score (nSPS) is 11.5. The van der Waals surface area contributed by atoms with Gasteiger partial charge in [-0.2, -0.15) is 0 Å². The van der Waals surface area contributed by atoms with Crippen LogP contribution in [0.5, 0.6) is 0 Å². The fourth-order valence-electron chi connectivity index (χ4n) is 2.12. The smallest absolute Gasteiger partial charge is 0.244 e. The number of hydrogen-bond donors (Lipinski definition) is 3. The molecule has 10 nitrogen and oxygen atoms in total. The summed E-state index contributed by atoms with van der Waals surface area (Å²) in [6.07, 6.45) is 2.71. The summed E-state index contributed by atoms with van der Waals surface area (Å²) < 4.78 is 24.2. The Morgan fingerprint density at radius 3 is 2.79 bits per heavy atom. The number of sulfonamides is 1. The van der Waals surface area contributed by atoms with Gasteiger partial charge in [-0.1, -0.05) is 6.07 Å². The quantitative estimate of drug-likeness (QED) is 0.584. The molecule has 0 saturated carbocycles. The molecule has 1 aromatic carbocycles. The van der Waals surface area contributed by atoms with Crippen LogP contribution in [0.4, 0.5) is 11.5 Å². The van der Waals surface area contributed by atoms with Crippen molar-refractivity contribution in [2.24, 2.45) is 5.14 Å². The Bertz CT molecular complexity index is 1030. The van der Waals surface area contributed by atoms with Gasteiger partial charge >= 0.3 is 0 Å². The summed E-state index contributed by atoms with van der Waals surface area (Å²) >= 11 is 0. The molecule has 124 valence electrons. The van der Waals surface area contributed by atoms with E-state index in [1.165, 1.54) is 35.4 Å². The molecule has 0 bridgehead atoms. The molecule has 0 aliphatic carbocycles. The molecule has 0 fully saturated rings. The van der Waals surface area contributed by atoms with Gasteiger partial charge in [0.15, 0.2) is 11.5 Å². The SMILES string of the molecule is Nc1ncnc2c1ncn2CC(=O)Nc1cccc(S(N)(=O)=O)c1. The number of nitrogens with one attached hydrogen (secondary N) is 1. The van der Waals surface area contributed by atoms with E-state index < -0.39 is 15.9 Å². The first kappa shape index (κ1) is 15.8. The van der Waals surface area contributed by atoms with Crippen molar-refractivity contribution in [1.29, 1.82) is 0 Å². The zero-order valence-corrected chi connectivity index (χ0v) is 13.1. The van der Waals surface area contributed by atoms with Gasteiger partial charge in [0.1, 0.15) is 18.4 Å². The molecule has 0 spiro atoms. The monoisotopic (exact) mass is 347 g/mol. The lowest BCUT2D eigenvalue weighted by Crippen LogP contribution is -2.19. The Kier molecular flexibility index (Phi) is 3.87. The van der Waals surface area contributed by atoms with Crippen molar-refractivity contribution in [1.82, 2.24) is 19.5 Å². The molecule has 2 aromatic heterocycles. The van der Waals surface area contributed by atoms with Gasteiger partial charge in [0.05, 0.1) is 11.2 Å².